The Morgan fingerprint density at radius 3 is 1.35 bits per heavy atom. The van der Waals surface area contributed by atoms with Gasteiger partial charge in [0.25, 0.3) is 0 Å². The molecule has 244 valence electrons. The molecule has 0 aliphatic carbocycles. The molecule has 0 saturated heterocycles. The molecule has 1 atom stereocenters. The molecule has 4 heteroatoms. The second-order valence-corrected chi connectivity index (χ2v) is 17.6. The highest BCUT2D eigenvalue weighted by Crippen LogP contribution is 2.48. The lowest BCUT2D eigenvalue weighted by molar-refractivity contribution is 0.162. The number of hydrogen-bond acceptors (Lipinski definition) is 3. The first-order valence-corrected chi connectivity index (χ1v) is 18.0. The van der Waals surface area contributed by atoms with Crippen molar-refractivity contribution in [1.29, 1.82) is 0 Å². The molecule has 0 amide bonds. The van der Waals surface area contributed by atoms with E-state index in [0.29, 0.717) is 6.61 Å². The minimum absolute atomic E-state index is 0.0303. The lowest BCUT2D eigenvalue weighted by Crippen LogP contribution is -2.23. The van der Waals surface area contributed by atoms with Crippen LogP contribution in [-0.2, 0) is 30.7 Å². The quantitative estimate of drug-likeness (QED) is 0.170. The van der Waals surface area contributed by atoms with E-state index in [2.05, 4.69) is 126 Å². The van der Waals surface area contributed by atoms with E-state index in [1.807, 2.05) is 0 Å². The second kappa shape index (κ2) is 15.8. The summed E-state index contributed by atoms with van der Waals surface area (Å²) in [6.45, 7) is 29.9. The zero-order chi connectivity index (χ0) is 32.6. The first kappa shape index (κ1) is 37.9. The maximum absolute atomic E-state index is 11.2. The fourth-order valence-corrected chi connectivity index (χ4v) is 6.34. The van der Waals surface area contributed by atoms with E-state index in [1.54, 1.807) is 0 Å². The summed E-state index contributed by atoms with van der Waals surface area (Å²) in [7, 11) is -2.06. The topological polar surface area (TPSA) is 38.7 Å². The highest BCUT2D eigenvalue weighted by molar-refractivity contribution is 7.40. The molecular weight excluding hydrogens is 547 g/mol. The lowest BCUT2D eigenvalue weighted by Gasteiger charge is -2.34. The third-order valence-corrected chi connectivity index (χ3v) is 9.21. The van der Waals surface area contributed by atoms with Crippen molar-refractivity contribution in [2.24, 2.45) is 0 Å². The molecule has 0 aliphatic heterocycles. The minimum atomic E-state index is -2.06. The summed E-state index contributed by atoms with van der Waals surface area (Å²) in [6, 6.07) is 13.7. The van der Waals surface area contributed by atoms with Crippen molar-refractivity contribution in [1.82, 2.24) is 0 Å². The molecule has 0 bridgehead atoms. The molecule has 43 heavy (non-hydrogen) atoms. The molecule has 0 radical (unpaired) electrons. The van der Waals surface area contributed by atoms with Gasteiger partial charge in [-0.1, -0.05) is 171 Å². The van der Waals surface area contributed by atoms with Gasteiger partial charge in [0.1, 0.15) is 6.10 Å². The monoisotopic (exact) mass is 612 g/mol. The predicted molar refractivity (Wildman–Crippen MR) is 188 cm³/mol. The maximum Gasteiger partial charge on any atom is 0.330 e. The fourth-order valence-electron chi connectivity index (χ4n) is 5.58. The van der Waals surface area contributed by atoms with Crippen molar-refractivity contribution < 1.29 is 13.9 Å². The molecule has 2 aromatic rings. The number of unbranched alkanes of at least 4 members (excludes halogenated alkanes) is 7. The van der Waals surface area contributed by atoms with Gasteiger partial charge in [-0.15, -0.1) is 0 Å². The van der Waals surface area contributed by atoms with Crippen LogP contribution in [0.5, 0.6) is 0 Å². The van der Waals surface area contributed by atoms with Gasteiger partial charge in [0.2, 0.25) is 0 Å². The average molecular weight is 613 g/mol. The van der Waals surface area contributed by atoms with Crippen molar-refractivity contribution in [3.8, 4) is 0 Å². The summed E-state index contributed by atoms with van der Waals surface area (Å²) in [5, 5.41) is 0. The Labute approximate surface area is 267 Å². The fraction of sp³-hybridized carbons (Fsp3) is 0.692. The van der Waals surface area contributed by atoms with Gasteiger partial charge in [0, 0.05) is 0 Å². The summed E-state index contributed by atoms with van der Waals surface area (Å²) < 4.78 is 12.6. The summed E-state index contributed by atoms with van der Waals surface area (Å²) in [6.07, 6.45) is 9.42. The molecule has 0 saturated carbocycles. The van der Waals surface area contributed by atoms with Crippen LogP contribution in [0.3, 0.4) is 0 Å². The van der Waals surface area contributed by atoms with Crippen LogP contribution in [0.25, 0.3) is 0 Å². The lowest BCUT2D eigenvalue weighted by atomic mass is 9.74. The van der Waals surface area contributed by atoms with Crippen LogP contribution < -0.4 is 0 Å². The summed E-state index contributed by atoms with van der Waals surface area (Å²) in [5.74, 6) is 0. The zero-order valence-corrected chi connectivity index (χ0v) is 31.0. The van der Waals surface area contributed by atoms with Gasteiger partial charge in [-0.2, -0.15) is 0 Å². The molecule has 2 rings (SSSR count). The molecule has 0 fully saturated rings. The standard InChI is InChI=1S/C39H65O3P/c1-14-15-16-17-18-19-20-21-26-41-43(40)42-35(31-24-22-29(36(2,3)4)27-33(31)38(8,9)10)32-25-23-30(37(5,6)7)28-34(32)39(11,12)13/h22-25,27-28,35,40H,14-21,26H2,1-13H3. The molecular formula is C39H65O3P. The molecule has 0 aromatic heterocycles. The van der Waals surface area contributed by atoms with Crippen LogP contribution in [0, 0.1) is 0 Å². The Morgan fingerprint density at radius 1 is 0.581 bits per heavy atom. The largest absolute Gasteiger partial charge is 0.330 e. The van der Waals surface area contributed by atoms with E-state index in [9.17, 15) is 4.89 Å². The Morgan fingerprint density at radius 2 is 0.977 bits per heavy atom. The van der Waals surface area contributed by atoms with Crippen LogP contribution in [0.1, 0.15) is 181 Å². The predicted octanol–water partition coefficient (Wildman–Crippen LogP) is 12.4. The molecule has 1 unspecified atom stereocenters. The van der Waals surface area contributed by atoms with E-state index in [1.165, 1.54) is 60.8 Å². The normalized spacial score (nSPS) is 14.0. The Bertz CT molecular complexity index is 1050. The SMILES string of the molecule is CCCCCCCCCCOP(O)OC(c1ccc(C(C)(C)C)cc1C(C)(C)C)c1ccc(C(C)(C)C)cc1C(C)(C)C. The van der Waals surface area contributed by atoms with Crippen molar-refractivity contribution in [3.05, 3.63) is 69.8 Å². The Balaban J connectivity index is 2.48. The molecule has 1 N–H and O–H groups in total. The van der Waals surface area contributed by atoms with Crippen molar-refractivity contribution in [3.63, 3.8) is 0 Å². The highest BCUT2D eigenvalue weighted by Gasteiger charge is 2.33. The van der Waals surface area contributed by atoms with Crippen molar-refractivity contribution >= 4 is 8.60 Å². The van der Waals surface area contributed by atoms with Crippen molar-refractivity contribution in [2.75, 3.05) is 6.61 Å². The third kappa shape index (κ3) is 11.9. The molecule has 0 spiro atoms. The van der Waals surface area contributed by atoms with Crippen LogP contribution in [0.2, 0.25) is 0 Å². The number of benzene rings is 2. The maximum atomic E-state index is 11.2. The van der Waals surface area contributed by atoms with Gasteiger partial charge < -0.3 is 9.42 Å². The second-order valence-electron chi connectivity index (χ2n) is 16.6. The number of rotatable bonds is 14. The van der Waals surface area contributed by atoms with Crippen LogP contribution in [0.15, 0.2) is 36.4 Å². The van der Waals surface area contributed by atoms with E-state index in [0.717, 1.165) is 24.0 Å². The molecule has 2 aromatic carbocycles. The summed E-state index contributed by atoms with van der Waals surface area (Å²) in [5.41, 5.74) is 7.15. The third-order valence-electron chi connectivity index (χ3n) is 8.41. The van der Waals surface area contributed by atoms with Crippen molar-refractivity contribution in [2.45, 2.75) is 169 Å². The van der Waals surface area contributed by atoms with E-state index >= 15 is 0 Å². The number of hydrogen-bond donors (Lipinski definition) is 1. The first-order chi connectivity index (χ1) is 19.8. The van der Waals surface area contributed by atoms with E-state index in [4.69, 9.17) is 9.05 Å². The zero-order valence-electron chi connectivity index (χ0n) is 30.1. The van der Waals surface area contributed by atoms with Crippen LogP contribution in [-0.4, -0.2) is 11.5 Å². The van der Waals surface area contributed by atoms with Crippen LogP contribution in [0.4, 0.5) is 0 Å². The minimum Gasteiger partial charge on any atom is -0.328 e. The first-order valence-electron chi connectivity index (χ1n) is 16.9. The molecule has 3 nitrogen and oxygen atoms in total. The smallest absolute Gasteiger partial charge is 0.328 e. The Hall–Kier alpha value is -1.25. The van der Waals surface area contributed by atoms with Gasteiger partial charge >= 0.3 is 8.60 Å². The van der Waals surface area contributed by atoms with Gasteiger partial charge in [-0.05, 0) is 61.5 Å². The van der Waals surface area contributed by atoms with Gasteiger partial charge in [0.05, 0.1) is 6.61 Å². The highest BCUT2D eigenvalue weighted by atomic mass is 31.2. The van der Waals surface area contributed by atoms with Crippen LogP contribution >= 0.6 is 8.60 Å². The molecule has 0 heterocycles. The van der Waals surface area contributed by atoms with Gasteiger partial charge in [-0.25, -0.2) is 0 Å². The van der Waals surface area contributed by atoms with E-state index in [-0.39, 0.29) is 21.7 Å². The van der Waals surface area contributed by atoms with Gasteiger partial charge in [-0.3, -0.25) is 4.52 Å². The van der Waals surface area contributed by atoms with E-state index < -0.39 is 14.7 Å². The summed E-state index contributed by atoms with van der Waals surface area (Å²) >= 11 is 0. The Kier molecular flexibility index (Phi) is 14.0. The molecule has 0 aliphatic rings. The average Bonchev–Trinajstić information content (AvgIpc) is 2.88. The summed E-state index contributed by atoms with van der Waals surface area (Å²) in [4.78, 5) is 11.2. The van der Waals surface area contributed by atoms with Gasteiger partial charge in [0.15, 0.2) is 0 Å².